The Kier molecular flexibility index (Phi) is 3.28. The molecule has 0 saturated carbocycles. The van der Waals surface area contributed by atoms with Crippen molar-refractivity contribution in [1.82, 2.24) is 9.97 Å². The number of nitriles is 1. The Morgan fingerprint density at radius 1 is 1.39 bits per heavy atom. The zero-order valence-corrected chi connectivity index (χ0v) is 10.6. The average molecular weight is 242 g/mol. The number of hydrogen-bond acceptors (Lipinski definition) is 5. The van der Waals surface area contributed by atoms with E-state index >= 15 is 0 Å². The van der Waals surface area contributed by atoms with Crippen LogP contribution in [0, 0.1) is 25.2 Å². The van der Waals surface area contributed by atoms with Crippen LogP contribution in [0.2, 0.25) is 0 Å². The highest BCUT2D eigenvalue weighted by Gasteiger charge is 2.14. The summed E-state index contributed by atoms with van der Waals surface area (Å²) in [5, 5.41) is 12.3. The monoisotopic (exact) mass is 242 g/mol. The molecule has 0 fully saturated rings. The maximum atomic E-state index is 9.12. The maximum absolute atomic E-state index is 9.12. The minimum Gasteiger partial charge on any atom is -0.444 e. The third-order valence-electron chi connectivity index (χ3n) is 2.63. The van der Waals surface area contributed by atoms with Crippen LogP contribution in [0.3, 0.4) is 0 Å². The molecule has 5 heteroatoms. The molecule has 92 valence electrons. The van der Waals surface area contributed by atoms with Gasteiger partial charge in [-0.15, -0.1) is 0 Å². The number of anilines is 1. The molecule has 0 saturated heterocycles. The van der Waals surface area contributed by atoms with Gasteiger partial charge >= 0.3 is 0 Å². The molecule has 1 atom stereocenters. The lowest BCUT2D eigenvalue weighted by Gasteiger charge is -2.12. The molecule has 1 N–H and O–H groups in total. The molecule has 2 rings (SSSR count). The Balaban J connectivity index is 2.25. The van der Waals surface area contributed by atoms with Crippen molar-refractivity contribution in [2.75, 3.05) is 5.32 Å². The lowest BCUT2D eigenvalue weighted by Crippen LogP contribution is -2.10. The van der Waals surface area contributed by atoms with Gasteiger partial charge in [0, 0.05) is 6.20 Å². The fraction of sp³-hybridized carbons (Fsp3) is 0.308. The summed E-state index contributed by atoms with van der Waals surface area (Å²) in [5.74, 6) is 1.90. The molecule has 0 aliphatic carbocycles. The fourth-order valence-electron chi connectivity index (χ4n) is 1.65. The minimum atomic E-state index is -0.139. The van der Waals surface area contributed by atoms with Crippen molar-refractivity contribution in [3.63, 3.8) is 0 Å². The first-order chi connectivity index (χ1) is 8.61. The predicted octanol–water partition coefficient (Wildman–Crippen LogP) is 2.73. The summed E-state index contributed by atoms with van der Waals surface area (Å²) >= 11 is 0. The molecule has 0 aliphatic heterocycles. The van der Waals surface area contributed by atoms with Gasteiger partial charge in [0.2, 0.25) is 5.89 Å². The van der Waals surface area contributed by atoms with Gasteiger partial charge in [0.1, 0.15) is 23.7 Å². The Bertz CT molecular complexity index is 597. The average Bonchev–Trinajstić information content (AvgIpc) is 2.76. The van der Waals surface area contributed by atoms with E-state index < -0.39 is 0 Å². The molecule has 0 bridgehead atoms. The molecular formula is C13H14N4O. The molecule has 0 spiro atoms. The third-order valence-corrected chi connectivity index (χ3v) is 2.63. The predicted molar refractivity (Wildman–Crippen MR) is 67.0 cm³/mol. The zero-order valence-electron chi connectivity index (χ0n) is 10.6. The lowest BCUT2D eigenvalue weighted by atomic mass is 10.1. The number of rotatable bonds is 3. The molecule has 2 heterocycles. The standard InChI is InChI=1S/C13H14N4O/c1-8-4-5-15-12(11(8)6-14)17-10(3)13-16-7-9(2)18-13/h4-5,7,10H,1-3H3,(H,15,17). The quantitative estimate of drug-likeness (QED) is 0.895. The molecule has 0 aromatic carbocycles. The summed E-state index contributed by atoms with van der Waals surface area (Å²) in [5.41, 5.74) is 1.44. The molecule has 1 unspecified atom stereocenters. The number of nitrogens with one attached hydrogen (secondary N) is 1. The summed E-state index contributed by atoms with van der Waals surface area (Å²) in [7, 11) is 0. The van der Waals surface area contributed by atoms with E-state index in [1.807, 2.05) is 26.8 Å². The third kappa shape index (κ3) is 2.33. The Labute approximate surface area is 105 Å². The smallest absolute Gasteiger partial charge is 0.216 e. The number of aryl methyl sites for hydroxylation is 2. The molecule has 5 nitrogen and oxygen atoms in total. The van der Waals surface area contributed by atoms with Crippen LogP contribution in [0.15, 0.2) is 22.9 Å². The van der Waals surface area contributed by atoms with E-state index in [9.17, 15) is 0 Å². The van der Waals surface area contributed by atoms with Crippen molar-refractivity contribution in [3.8, 4) is 6.07 Å². The van der Waals surface area contributed by atoms with Gasteiger partial charge in [0.05, 0.1) is 11.8 Å². The first kappa shape index (κ1) is 12.1. The van der Waals surface area contributed by atoms with E-state index in [-0.39, 0.29) is 6.04 Å². The van der Waals surface area contributed by atoms with Crippen LogP contribution in [0.5, 0.6) is 0 Å². The van der Waals surface area contributed by atoms with Gasteiger partial charge in [-0.3, -0.25) is 0 Å². The van der Waals surface area contributed by atoms with Crippen LogP contribution in [0.25, 0.3) is 0 Å². The highest BCUT2D eigenvalue weighted by atomic mass is 16.4. The van der Waals surface area contributed by atoms with E-state index in [0.29, 0.717) is 17.3 Å². The number of hydrogen-bond donors (Lipinski definition) is 1. The van der Waals surface area contributed by atoms with Gasteiger partial charge < -0.3 is 9.73 Å². The van der Waals surface area contributed by atoms with E-state index in [4.69, 9.17) is 9.68 Å². The van der Waals surface area contributed by atoms with Crippen molar-refractivity contribution in [2.45, 2.75) is 26.8 Å². The van der Waals surface area contributed by atoms with Crippen LogP contribution in [0.1, 0.15) is 35.7 Å². The van der Waals surface area contributed by atoms with Crippen molar-refractivity contribution in [1.29, 1.82) is 5.26 Å². The second-order valence-electron chi connectivity index (χ2n) is 4.14. The van der Waals surface area contributed by atoms with E-state index in [1.165, 1.54) is 0 Å². The summed E-state index contributed by atoms with van der Waals surface area (Å²) in [4.78, 5) is 8.33. The van der Waals surface area contributed by atoms with Crippen molar-refractivity contribution in [2.24, 2.45) is 0 Å². The molecule has 0 amide bonds. The van der Waals surface area contributed by atoms with Crippen LogP contribution < -0.4 is 5.32 Å². The van der Waals surface area contributed by atoms with Crippen molar-refractivity contribution < 1.29 is 4.42 Å². The topological polar surface area (TPSA) is 74.7 Å². The number of nitrogens with zero attached hydrogens (tertiary/aromatic N) is 3. The minimum absolute atomic E-state index is 0.139. The second kappa shape index (κ2) is 4.88. The van der Waals surface area contributed by atoms with Gasteiger partial charge in [-0.2, -0.15) is 5.26 Å². The van der Waals surface area contributed by atoms with Gasteiger partial charge in [-0.05, 0) is 32.4 Å². The number of oxazole rings is 1. The van der Waals surface area contributed by atoms with Crippen LogP contribution in [-0.2, 0) is 0 Å². The lowest BCUT2D eigenvalue weighted by molar-refractivity contribution is 0.453. The van der Waals surface area contributed by atoms with Gasteiger partial charge in [0.25, 0.3) is 0 Å². The molecule has 2 aromatic heterocycles. The second-order valence-corrected chi connectivity index (χ2v) is 4.14. The normalized spacial score (nSPS) is 11.9. The Morgan fingerprint density at radius 2 is 2.17 bits per heavy atom. The number of pyridine rings is 1. The van der Waals surface area contributed by atoms with Gasteiger partial charge in [0.15, 0.2) is 0 Å². The summed E-state index contributed by atoms with van der Waals surface area (Å²) < 4.78 is 5.44. The van der Waals surface area contributed by atoms with Crippen molar-refractivity contribution in [3.05, 3.63) is 41.2 Å². The SMILES string of the molecule is Cc1cnc(C(C)Nc2nccc(C)c2C#N)o1. The van der Waals surface area contributed by atoms with Crippen LogP contribution in [0.4, 0.5) is 5.82 Å². The summed E-state index contributed by atoms with van der Waals surface area (Å²) in [6.07, 6.45) is 3.34. The van der Waals surface area contributed by atoms with Crippen LogP contribution >= 0.6 is 0 Å². The Morgan fingerprint density at radius 3 is 2.78 bits per heavy atom. The largest absolute Gasteiger partial charge is 0.444 e. The molecular weight excluding hydrogens is 228 g/mol. The van der Waals surface area contributed by atoms with E-state index in [1.54, 1.807) is 12.4 Å². The van der Waals surface area contributed by atoms with Gasteiger partial charge in [-0.1, -0.05) is 0 Å². The molecule has 0 aliphatic rings. The zero-order chi connectivity index (χ0) is 13.1. The summed E-state index contributed by atoms with van der Waals surface area (Å²) in [6, 6.07) is 3.82. The van der Waals surface area contributed by atoms with Gasteiger partial charge in [-0.25, -0.2) is 9.97 Å². The molecule has 18 heavy (non-hydrogen) atoms. The first-order valence-corrected chi connectivity index (χ1v) is 5.66. The van der Waals surface area contributed by atoms with E-state index in [0.717, 1.165) is 11.3 Å². The highest BCUT2D eigenvalue weighted by molar-refractivity contribution is 5.55. The number of aromatic nitrogens is 2. The fourth-order valence-corrected chi connectivity index (χ4v) is 1.65. The summed E-state index contributed by atoms with van der Waals surface area (Å²) in [6.45, 7) is 5.64. The molecule has 2 aromatic rings. The van der Waals surface area contributed by atoms with Crippen LogP contribution in [-0.4, -0.2) is 9.97 Å². The first-order valence-electron chi connectivity index (χ1n) is 5.66. The van der Waals surface area contributed by atoms with Crippen molar-refractivity contribution >= 4 is 5.82 Å². The molecule has 0 radical (unpaired) electrons. The highest BCUT2D eigenvalue weighted by Crippen LogP contribution is 2.21. The maximum Gasteiger partial charge on any atom is 0.216 e. The Hall–Kier alpha value is -2.35. The van der Waals surface area contributed by atoms with E-state index in [2.05, 4.69) is 21.4 Å².